The number of ether oxygens (including phenoxy) is 1. The van der Waals surface area contributed by atoms with Gasteiger partial charge < -0.3 is 4.74 Å². The summed E-state index contributed by atoms with van der Waals surface area (Å²) in [6.07, 6.45) is 0. The third-order valence-electron chi connectivity index (χ3n) is 2.49. The van der Waals surface area contributed by atoms with Gasteiger partial charge in [-0.15, -0.1) is 0 Å². The number of aryl methyl sites for hydroxylation is 2. The van der Waals surface area contributed by atoms with E-state index in [1.54, 1.807) is 0 Å². The van der Waals surface area contributed by atoms with Crippen LogP contribution in [0.1, 0.15) is 18.9 Å². The first-order valence-corrected chi connectivity index (χ1v) is 6.13. The molecule has 1 aromatic carbocycles. The van der Waals surface area contributed by atoms with Gasteiger partial charge in [-0.3, -0.25) is 0 Å². The molecule has 0 saturated heterocycles. The van der Waals surface area contributed by atoms with Crippen LogP contribution in [0.5, 0.6) is 5.75 Å². The molecule has 2 nitrogen and oxygen atoms in total. The lowest BCUT2D eigenvalue weighted by Gasteiger charge is -2.00. The van der Waals surface area contributed by atoms with Crippen molar-refractivity contribution in [3.63, 3.8) is 0 Å². The second-order valence-electron chi connectivity index (χ2n) is 3.43. The molecule has 2 aromatic rings. The Balaban J connectivity index is 2.57. The Morgan fingerprint density at radius 3 is 2.80 bits per heavy atom. The average Bonchev–Trinajstić information content (AvgIpc) is 2.53. The van der Waals surface area contributed by atoms with Crippen molar-refractivity contribution in [3.8, 4) is 5.75 Å². The second-order valence-corrected chi connectivity index (χ2v) is 4.66. The minimum Gasteiger partial charge on any atom is -0.494 e. The summed E-state index contributed by atoms with van der Waals surface area (Å²) in [5.41, 5.74) is 1.28. The highest BCUT2D eigenvalue weighted by Crippen LogP contribution is 2.24. The first-order chi connectivity index (χ1) is 7.26. The zero-order chi connectivity index (χ0) is 10.8. The Morgan fingerprint density at radius 2 is 2.13 bits per heavy atom. The van der Waals surface area contributed by atoms with Gasteiger partial charge in [-0.05, 0) is 26.0 Å². The highest BCUT2D eigenvalue weighted by atomic mass is 32.1. The van der Waals surface area contributed by atoms with Crippen molar-refractivity contribution in [1.29, 1.82) is 0 Å². The Labute approximate surface area is 94.1 Å². The number of rotatable bonds is 3. The van der Waals surface area contributed by atoms with E-state index in [1.807, 2.05) is 24.3 Å². The molecule has 1 aromatic heterocycles. The van der Waals surface area contributed by atoms with E-state index in [9.17, 15) is 0 Å². The lowest BCUT2D eigenvalue weighted by Crippen LogP contribution is -2.33. The van der Waals surface area contributed by atoms with Crippen molar-refractivity contribution < 1.29 is 9.30 Å². The van der Waals surface area contributed by atoms with Gasteiger partial charge in [0.05, 0.1) is 12.7 Å². The fraction of sp³-hybridized carbons (Fsp3) is 0.417. The van der Waals surface area contributed by atoms with E-state index in [-0.39, 0.29) is 0 Å². The molecule has 0 unspecified atom stereocenters. The molecule has 0 spiro atoms. The van der Waals surface area contributed by atoms with Crippen LogP contribution in [0.25, 0.3) is 10.2 Å². The molecule has 0 fully saturated rings. The molecule has 0 bridgehead atoms. The van der Waals surface area contributed by atoms with E-state index >= 15 is 0 Å². The molecule has 0 N–H and O–H groups in total. The number of benzene rings is 1. The van der Waals surface area contributed by atoms with Crippen molar-refractivity contribution in [2.24, 2.45) is 0 Å². The highest BCUT2D eigenvalue weighted by Gasteiger charge is 2.15. The minimum atomic E-state index is 0.723. The molecule has 2 rings (SSSR count). The van der Waals surface area contributed by atoms with E-state index in [1.165, 1.54) is 15.2 Å². The summed E-state index contributed by atoms with van der Waals surface area (Å²) < 4.78 is 9.17. The van der Waals surface area contributed by atoms with Crippen LogP contribution < -0.4 is 9.30 Å². The molecule has 0 aliphatic heterocycles. The first-order valence-electron chi connectivity index (χ1n) is 5.32. The van der Waals surface area contributed by atoms with Gasteiger partial charge >= 0.3 is 0 Å². The van der Waals surface area contributed by atoms with Crippen LogP contribution in [-0.2, 0) is 6.54 Å². The van der Waals surface area contributed by atoms with Crippen molar-refractivity contribution >= 4 is 21.6 Å². The van der Waals surface area contributed by atoms with Gasteiger partial charge in [0, 0.05) is 6.92 Å². The summed E-state index contributed by atoms with van der Waals surface area (Å²) in [5, 5.41) is 1.35. The number of fused-ring (bicyclic) bond motifs is 1. The van der Waals surface area contributed by atoms with Crippen LogP contribution in [-0.4, -0.2) is 6.61 Å². The fourth-order valence-electron chi connectivity index (χ4n) is 1.83. The van der Waals surface area contributed by atoms with E-state index in [4.69, 9.17) is 4.74 Å². The topological polar surface area (TPSA) is 13.1 Å². The summed E-state index contributed by atoms with van der Waals surface area (Å²) in [4.78, 5) is 0. The Morgan fingerprint density at radius 1 is 1.33 bits per heavy atom. The van der Waals surface area contributed by atoms with Gasteiger partial charge in [0.1, 0.15) is 17.0 Å². The maximum atomic E-state index is 5.51. The van der Waals surface area contributed by atoms with Crippen LogP contribution in [0.3, 0.4) is 0 Å². The molecule has 0 atom stereocenters. The number of aromatic nitrogens is 1. The van der Waals surface area contributed by atoms with Gasteiger partial charge in [-0.2, -0.15) is 4.57 Å². The number of hydrogen-bond acceptors (Lipinski definition) is 2. The largest absolute Gasteiger partial charge is 0.494 e. The van der Waals surface area contributed by atoms with Crippen LogP contribution in [0, 0.1) is 6.92 Å². The van der Waals surface area contributed by atoms with Gasteiger partial charge in [0.25, 0.3) is 0 Å². The summed E-state index contributed by atoms with van der Waals surface area (Å²) in [7, 11) is 0. The van der Waals surface area contributed by atoms with Gasteiger partial charge in [0.15, 0.2) is 0 Å². The van der Waals surface area contributed by atoms with Crippen LogP contribution in [0.15, 0.2) is 18.2 Å². The molecule has 0 saturated carbocycles. The summed E-state index contributed by atoms with van der Waals surface area (Å²) >= 11 is 1.84. The lowest BCUT2D eigenvalue weighted by molar-refractivity contribution is -0.669. The molecule has 3 heteroatoms. The van der Waals surface area contributed by atoms with E-state index in [0.717, 1.165) is 18.9 Å². The zero-order valence-electron chi connectivity index (χ0n) is 9.41. The lowest BCUT2D eigenvalue weighted by atomic mass is 10.3. The molecule has 15 heavy (non-hydrogen) atoms. The predicted octanol–water partition coefficient (Wildman–Crippen LogP) is 2.92. The molecule has 1 heterocycles. The highest BCUT2D eigenvalue weighted by molar-refractivity contribution is 7.18. The molecule has 80 valence electrons. The predicted molar refractivity (Wildman–Crippen MR) is 63.6 cm³/mol. The SMILES string of the molecule is CCOc1ccc2sc(C)[n+](CC)c2c1. The Bertz CT molecular complexity index is 476. The molecule has 0 radical (unpaired) electrons. The summed E-state index contributed by atoms with van der Waals surface area (Å²) in [6.45, 7) is 8.08. The smallest absolute Gasteiger partial charge is 0.235 e. The monoisotopic (exact) mass is 222 g/mol. The zero-order valence-corrected chi connectivity index (χ0v) is 10.2. The second kappa shape index (κ2) is 4.19. The summed E-state index contributed by atoms with van der Waals surface area (Å²) in [6, 6.07) is 6.32. The fourth-order valence-corrected chi connectivity index (χ4v) is 2.89. The number of nitrogens with zero attached hydrogens (tertiary/aromatic N) is 1. The number of thiazole rings is 1. The maximum absolute atomic E-state index is 5.51. The normalized spacial score (nSPS) is 10.9. The molecular formula is C12H16NOS+. The van der Waals surface area contributed by atoms with Crippen molar-refractivity contribution in [1.82, 2.24) is 0 Å². The average molecular weight is 222 g/mol. The van der Waals surface area contributed by atoms with Crippen LogP contribution >= 0.6 is 11.3 Å². The van der Waals surface area contributed by atoms with Crippen molar-refractivity contribution in [2.75, 3.05) is 6.61 Å². The van der Waals surface area contributed by atoms with E-state index in [2.05, 4.69) is 30.5 Å². The molecule has 0 aliphatic rings. The van der Waals surface area contributed by atoms with E-state index < -0.39 is 0 Å². The van der Waals surface area contributed by atoms with Crippen molar-refractivity contribution in [2.45, 2.75) is 27.3 Å². The van der Waals surface area contributed by atoms with Gasteiger partial charge in [0.2, 0.25) is 10.5 Å². The van der Waals surface area contributed by atoms with Crippen LogP contribution in [0.2, 0.25) is 0 Å². The minimum absolute atomic E-state index is 0.723. The third kappa shape index (κ3) is 1.84. The number of hydrogen-bond donors (Lipinski definition) is 0. The van der Waals surface area contributed by atoms with Gasteiger partial charge in [-0.1, -0.05) is 11.3 Å². The van der Waals surface area contributed by atoms with Crippen molar-refractivity contribution in [3.05, 3.63) is 23.2 Å². The van der Waals surface area contributed by atoms with Crippen LogP contribution in [0.4, 0.5) is 0 Å². The van der Waals surface area contributed by atoms with E-state index in [0.29, 0.717) is 0 Å². The molecule has 0 amide bonds. The Kier molecular flexibility index (Phi) is 2.91. The Hall–Kier alpha value is -1.09. The van der Waals surface area contributed by atoms with Gasteiger partial charge in [-0.25, -0.2) is 0 Å². The summed E-state index contributed by atoms with van der Waals surface area (Å²) in [5.74, 6) is 0.963. The quantitative estimate of drug-likeness (QED) is 0.728. The standard InChI is InChI=1S/C12H16NOS/c1-4-13-9(3)15-12-7-6-10(14-5-2)8-11(12)13/h6-8H,4-5H2,1-3H3/q+1. The third-order valence-corrected chi connectivity index (χ3v) is 3.57. The molecule has 0 aliphatic carbocycles. The maximum Gasteiger partial charge on any atom is 0.235 e. The first kappa shape index (κ1) is 10.4. The molecular weight excluding hydrogens is 206 g/mol.